The molecule has 0 radical (unpaired) electrons. The maximum atomic E-state index is 12.0. The summed E-state index contributed by atoms with van der Waals surface area (Å²) in [5, 5.41) is 5.30. The molecule has 0 saturated carbocycles. The van der Waals surface area contributed by atoms with Crippen LogP contribution in [0.1, 0.15) is 22.9 Å². The molecule has 7 nitrogen and oxygen atoms in total. The van der Waals surface area contributed by atoms with Gasteiger partial charge in [0.2, 0.25) is 0 Å². The second-order valence-corrected chi connectivity index (χ2v) is 7.14. The summed E-state index contributed by atoms with van der Waals surface area (Å²) in [6, 6.07) is 9.87. The maximum Gasteiger partial charge on any atom is 0.410 e. The number of rotatable bonds is 4. The average molecular weight is 381 g/mol. The molecule has 0 spiro atoms. The third-order valence-corrected chi connectivity index (χ3v) is 5.47. The molecular weight excluding hydrogens is 362 g/mol. The summed E-state index contributed by atoms with van der Waals surface area (Å²) in [5.41, 5.74) is 5.24. The zero-order valence-corrected chi connectivity index (χ0v) is 15.7. The molecule has 2 aromatic heterocycles. The van der Waals surface area contributed by atoms with Gasteiger partial charge in [-0.05, 0) is 24.5 Å². The predicted molar refractivity (Wildman–Crippen MR) is 106 cm³/mol. The molecule has 1 aromatic carbocycles. The fourth-order valence-electron chi connectivity index (χ4n) is 3.09. The normalized spacial score (nSPS) is 13.7. The van der Waals surface area contributed by atoms with Crippen molar-refractivity contribution < 1.29 is 9.53 Å². The van der Waals surface area contributed by atoms with Crippen LogP contribution in [0.5, 0.6) is 0 Å². The van der Waals surface area contributed by atoms with Gasteiger partial charge in [-0.2, -0.15) is 5.10 Å². The van der Waals surface area contributed by atoms with E-state index in [2.05, 4.69) is 20.5 Å². The predicted octanol–water partition coefficient (Wildman–Crippen LogP) is 3.65. The maximum absolute atomic E-state index is 12.0. The van der Waals surface area contributed by atoms with Gasteiger partial charge in [-0.1, -0.05) is 30.3 Å². The molecule has 3 heterocycles. The molecule has 3 aromatic rings. The standard InChI is InChI=1S/C19H19N5O2S/c1-2-26-19(25)24-9-8-14-15(11-24)27-18-16(14)17(20-12-21-18)23-22-10-13-6-4-3-5-7-13/h3-7,10,12H,2,8-9,11H2,1H3,(H,20,21,23)/b22-10+. The minimum Gasteiger partial charge on any atom is -0.450 e. The van der Waals surface area contributed by atoms with E-state index in [4.69, 9.17) is 4.74 Å². The van der Waals surface area contributed by atoms with E-state index in [0.29, 0.717) is 25.5 Å². The number of nitrogens with one attached hydrogen (secondary N) is 1. The third-order valence-electron chi connectivity index (χ3n) is 4.35. The number of benzene rings is 1. The van der Waals surface area contributed by atoms with Crippen LogP contribution in [-0.4, -0.2) is 40.3 Å². The number of carbonyl (C=O) groups is 1. The lowest BCUT2D eigenvalue weighted by atomic mass is 10.1. The van der Waals surface area contributed by atoms with Gasteiger partial charge >= 0.3 is 6.09 Å². The molecule has 0 unspecified atom stereocenters. The number of carbonyl (C=O) groups excluding carboxylic acids is 1. The van der Waals surface area contributed by atoms with Crippen LogP contribution in [-0.2, 0) is 17.7 Å². The lowest BCUT2D eigenvalue weighted by Crippen LogP contribution is -2.35. The monoisotopic (exact) mass is 381 g/mol. The molecule has 1 aliphatic rings. The number of anilines is 1. The molecule has 27 heavy (non-hydrogen) atoms. The molecule has 138 valence electrons. The molecule has 0 saturated heterocycles. The van der Waals surface area contributed by atoms with Gasteiger partial charge in [0.05, 0.1) is 24.8 Å². The van der Waals surface area contributed by atoms with E-state index in [1.165, 1.54) is 11.9 Å². The molecule has 1 N–H and O–H groups in total. The van der Waals surface area contributed by atoms with Crippen LogP contribution in [0.2, 0.25) is 0 Å². The van der Waals surface area contributed by atoms with E-state index in [1.54, 1.807) is 22.5 Å². The van der Waals surface area contributed by atoms with Gasteiger partial charge < -0.3 is 9.64 Å². The highest BCUT2D eigenvalue weighted by molar-refractivity contribution is 7.19. The molecule has 0 bridgehead atoms. The van der Waals surface area contributed by atoms with Gasteiger partial charge in [0.1, 0.15) is 11.2 Å². The van der Waals surface area contributed by atoms with Gasteiger partial charge in [-0.15, -0.1) is 11.3 Å². The molecule has 8 heteroatoms. The summed E-state index contributed by atoms with van der Waals surface area (Å²) in [4.78, 5) is 24.5. The highest BCUT2D eigenvalue weighted by atomic mass is 32.1. The number of nitrogens with zero attached hydrogens (tertiary/aromatic N) is 4. The van der Waals surface area contributed by atoms with E-state index >= 15 is 0 Å². The van der Waals surface area contributed by atoms with E-state index in [0.717, 1.165) is 27.1 Å². The van der Waals surface area contributed by atoms with E-state index in [9.17, 15) is 4.79 Å². The highest BCUT2D eigenvalue weighted by Gasteiger charge is 2.26. The van der Waals surface area contributed by atoms with Crippen LogP contribution in [0, 0.1) is 0 Å². The summed E-state index contributed by atoms with van der Waals surface area (Å²) in [5.74, 6) is 0.689. The summed E-state index contributed by atoms with van der Waals surface area (Å²) >= 11 is 1.59. The largest absolute Gasteiger partial charge is 0.450 e. The zero-order valence-electron chi connectivity index (χ0n) is 14.9. The average Bonchev–Trinajstić information content (AvgIpc) is 3.07. The van der Waals surface area contributed by atoms with Gasteiger partial charge in [-0.25, -0.2) is 14.8 Å². The van der Waals surface area contributed by atoms with Crippen molar-refractivity contribution in [3.63, 3.8) is 0 Å². The second kappa shape index (κ2) is 7.71. The third kappa shape index (κ3) is 3.61. The lowest BCUT2D eigenvalue weighted by molar-refractivity contribution is 0.103. The molecule has 4 rings (SSSR count). The molecule has 0 fully saturated rings. The fourth-order valence-corrected chi connectivity index (χ4v) is 4.29. The van der Waals surface area contributed by atoms with Crippen LogP contribution < -0.4 is 5.43 Å². The Kier molecular flexibility index (Phi) is 4.97. The Morgan fingerprint density at radius 2 is 2.22 bits per heavy atom. The number of amides is 1. The van der Waals surface area contributed by atoms with Crippen molar-refractivity contribution in [1.29, 1.82) is 0 Å². The Bertz CT molecular complexity index is 986. The second-order valence-electron chi connectivity index (χ2n) is 6.06. The van der Waals surface area contributed by atoms with Crippen molar-refractivity contribution in [2.75, 3.05) is 18.6 Å². The molecule has 0 atom stereocenters. The van der Waals surface area contributed by atoms with Gasteiger partial charge in [0.15, 0.2) is 5.82 Å². The number of hydrogen-bond donors (Lipinski definition) is 1. The Hall–Kier alpha value is -3.00. The summed E-state index contributed by atoms with van der Waals surface area (Å²) in [7, 11) is 0. The summed E-state index contributed by atoms with van der Waals surface area (Å²) in [6.07, 6.45) is 3.78. The zero-order chi connectivity index (χ0) is 18.6. The quantitative estimate of drug-likeness (QED) is 0.551. The van der Waals surface area contributed by atoms with E-state index in [1.807, 2.05) is 37.3 Å². The van der Waals surface area contributed by atoms with Crippen molar-refractivity contribution in [3.8, 4) is 0 Å². The minimum atomic E-state index is -0.266. The molecule has 0 aliphatic carbocycles. The van der Waals surface area contributed by atoms with Crippen molar-refractivity contribution in [2.45, 2.75) is 19.9 Å². The van der Waals surface area contributed by atoms with Crippen molar-refractivity contribution in [2.24, 2.45) is 5.10 Å². The van der Waals surface area contributed by atoms with E-state index < -0.39 is 0 Å². The number of hydrazone groups is 1. The fraction of sp³-hybridized carbons (Fsp3) is 0.263. The van der Waals surface area contributed by atoms with Crippen molar-refractivity contribution >= 4 is 39.7 Å². The number of hydrogen-bond acceptors (Lipinski definition) is 7. The van der Waals surface area contributed by atoms with Gasteiger partial charge in [0, 0.05) is 11.4 Å². The number of aromatic nitrogens is 2. The van der Waals surface area contributed by atoms with Gasteiger partial charge in [-0.3, -0.25) is 5.43 Å². The topological polar surface area (TPSA) is 79.7 Å². The van der Waals surface area contributed by atoms with Crippen LogP contribution in [0.25, 0.3) is 10.2 Å². The first kappa shape index (κ1) is 17.4. The Morgan fingerprint density at radius 3 is 3.04 bits per heavy atom. The summed E-state index contributed by atoms with van der Waals surface area (Å²) in [6.45, 7) is 3.37. The number of thiophene rings is 1. The smallest absolute Gasteiger partial charge is 0.410 e. The van der Waals surface area contributed by atoms with Crippen LogP contribution in [0.15, 0.2) is 41.8 Å². The van der Waals surface area contributed by atoms with Crippen LogP contribution >= 0.6 is 11.3 Å². The molecule has 1 aliphatic heterocycles. The lowest BCUT2D eigenvalue weighted by Gasteiger charge is -2.26. The molecule has 1 amide bonds. The van der Waals surface area contributed by atoms with Gasteiger partial charge in [0.25, 0.3) is 0 Å². The van der Waals surface area contributed by atoms with E-state index in [-0.39, 0.29) is 6.09 Å². The van der Waals surface area contributed by atoms with Crippen LogP contribution in [0.3, 0.4) is 0 Å². The van der Waals surface area contributed by atoms with Crippen LogP contribution in [0.4, 0.5) is 10.6 Å². The minimum absolute atomic E-state index is 0.266. The van der Waals surface area contributed by atoms with Crippen molar-refractivity contribution in [1.82, 2.24) is 14.9 Å². The number of fused-ring (bicyclic) bond motifs is 3. The Balaban J connectivity index is 1.59. The summed E-state index contributed by atoms with van der Waals surface area (Å²) < 4.78 is 5.12. The first-order chi connectivity index (χ1) is 13.3. The highest BCUT2D eigenvalue weighted by Crippen LogP contribution is 2.37. The first-order valence-electron chi connectivity index (χ1n) is 8.77. The van der Waals surface area contributed by atoms with Crippen molar-refractivity contribution in [3.05, 3.63) is 52.7 Å². The Morgan fingerprint density at radius 1 is 1.37 bits per heavy atom. The first-order valence-corrected chi connectivity index (χ1v) is 9.59. The number of ether oxygens (including phenoxy) is 1. The molecular formula is C19H19N5O2S. The Labute approximate surface area is 160 Å². The SMILES string of the molecule is CCOC(=O)N1CCc2c(sc3ncnc(N/N=C/c4ccccc4)c23)C1.